The maximum atomic E-state index is 12.6. The minimum Gasteiger partial charge on any atom is -0.481 e. The van der Waals surface area contributed by atoms with Gasteiger partial charge < -0.3 is 10.0 Å². The fourth-order valence-corrected chi connectivity index (χ4v) is 2.35. The number of carbonyl (C=O) groups excluding carboxylic acids is 1. The van der Waals surface area contributed by atoms with Gasteiger partial charge in [0.15, 0.2) is 0 Å². The summed E-state index contributed by atoms with van der Waals surface area (Å²) in [5.41, 5.74) is 0.816. The first-order chi connectivity index (χ1) is 11.1. The van der Waals surface area contributed by atoms with Gasteiger partial charge in [-0.05, 0) is 25.0 Å². The molecule has 1 aromatic heterocycles. The number of para-hydroxylation sites is 1. The molecule has 1 aromatic carbocycles. The van der Waals surface area contributed by atoms with Crippen molar-refractivity contribution in [3.8, 4) is 5.69 Å². The molecular weight excluding hydrogens is 296 g/mol. The largest absolute Gasteiger partial charge is 0.481 e. The second-order valence-electron chi connectivity index (χ2n) is 5.78. The van der Waals surface area contributed by atoms with Crippen LogP contribution in [0.15, 0.2) is 36.7 Å². The second-order valence-corrected chi connectivity index (χ2v) is 5.78. The van der Waals surface area contributed by atoms with E-state index >= 15 is 0 Å². The number of amides is 1. The van der Waals surface area contributed by atoms with Gasteiger partial charge >= 0.3 is 5.97 Å². The molecular formula is C16H18N4O3. The first kappa shape index (κ1) is 15.2. The molecule has 23 heavy (non-hydrogen) atoms. The van der Waals surface area contributed by atoms with E-state index in [1.54, 1.807) is 16.5 Å². The summed E-state index contributed by atoms with van der Waals surface area (Å²) in [5, 5.41) is 13.3. The van der Waals surface area contributed by atoms with E-state index in [9.17, 15) is 9.59 Å². The van der Waals surface area contributed by atoms with Crippen molar-refractivity contribution >= 4 is 11.9 Å². The van der Waals surface area contributed by atoms with Crippen LogP contribution in [0.5, 0.6) is 0 Å². The SMILES string of the molecule is CC(CN(C(=O)c1ncn(-c2ccccc2)n1)C1CC1)C(=O)O. The highest BCUT2D eigenvalue weighted by atomic mass is 16.4. The Hall–Kier alpha value is -2.70. The summed E-state index contributed by atoms with van der Waals surface area (Å²) in [7, 11) is 0. The Bertz CT molecular complexity index is 709. The van der Waals surface area contributed by atoms with Gasteiger partial charge in [0.2, 0.25) is 5.82 Å². The van der Waals surface area contributed by atoms with Crippen molar-refractivity contribution in [2.75, 3.05) is 6.54 Å². The van der Waals surface area contributed by atoms with E-state index in [1.165, 1.54) is 6.33 Å². The molecule has 0 spiro atoms. The van der Waals surface area contributed by atoms with Crippen LogP contribution in [0.2, 0.25) is 0 Å². The van der Waals surface area contributed by atoms with Crippen LogP contribution in [0.3, 0.4) is 0 Å². The number of carboxylic acid groups (broad SMARTS) is 1. The van der Waals surface area contributed by atoms with Crippen molar-refractivity contribution < 1.29 is 14.7 Å². The number of nitrogens with zero attached hydrogens (tertiary/aromatic N) is 4. The third-order valence-corrected chi connectivity index (χ3v) is 3.84. The van der Waals surface area contributed by atoms with Gasteiger partial charge in [0, 0.05) is 12.6 Å². The van der Waals surface area contributed by atoms with Crippen LogP contribution in [0.25, 0.3) is 5.69 Å². The summed E-state index contributed by atoms with van der Waals surface area (Å²) in [6, 6.07) is 9.50. The van der Waals surface area contributed by atoms with Gasteiger partial charge in [-0.2, -0.15) is 0 Å². The highest BCUT2D eigenvalue weighted by Gasteiger charge is 2.36. The molecule has 2 aromatic rings. The highest BCUT2D eigenvalue weighted by molar-refractivity contribution is 5.91. The van der Waals surface area contributed by atoms with E-state index in [4.69, 9.17) is 5.11 Å². The van der Waals surface area contributed by atoms with Crippen LogP contribution in [0.1, 0.15) is 30.4 Å². The summed E-state index contributed by atoms with van der Waals surface area (Å²) in [6.45, 7) is 1.78. The van der Waals surface area contributed by atoms with Gasteiger partial charge in [0.1, 0.15) is 6.33 Å². The molecule has 1 saturated carbocycles. The Morgan fingerprint density at radius 2 is 2.04 bits per heavy atom. The molecule has 1 aliphatic rings. The highest BCUT2D eigenvalue weighted by Crippen LogP contribution is 2.28. The van der Waals surface area contributed by atoms with E-state index in [0.717, 1.165) is 18.5 Å². The van der Waals surface area contributed by atoms with E-state index in [0.29, 0.717) is 0 Å². The fourth-order valence-electron chi connectivity index (χ4n) is 2.35. The molecule has 0 aliphatic heterocycles. The normalized spacial score (nSPS) is 15.2. The molecule has 120 valence electrons. The Morgan fingerprint density at radius 1 is 1.35 bits per heavy atom. The van der Waals surface area contributed by atoms with Crippen molar-refractivity contribution in [3.63, 3.8) is 0 Å². The van der Waals surface area contributed by atoms with Crippen LogP contribution >= 0.6 is 0 Å². The molecule has 7 nitrogen and oxygen atoms in total. The maximum absolute atomic E-state index is 12.6. The zero-order chi connectivity index (χ0) is 16.4. The maximum Gasteiger partial charge on any atom is 0.308 e. The average molecular weight is 314 g/mol. The van der Waals surface area contributed by atoms with Crippen LogP contribution in [0, 0.1) is 5.92 Å². The van der Waals surface area contributed by atoms with Gasteiger partial charge in [-0.3, -0.25) is 9.59 Å². The van der Waals surface area contributed by atoms with Crippen molar-refractivity contribution in [2.45, 2.75) is 25.8 Å². The predicted molar refractivity (Wildman–Crippen MR) is 82.2 cm³/mol. The number of hydrogen-bond acceptors (Lipinski definition) is 4. The lowest BCUT2D eigenvalue weighted by Gasteiger charge is -2.22. The smallest absolute Gasteiger partial charge is 0.308 e. The fraction of sp³-hybridized carbons (Fsp3) is 0.375. The summed E-state index contributed by atoms with van der Waals surface area (Å²) in [4.78, 5) is 29.4. The van der Waals surface area contributed by atoms with E-state index in [1.807, 2.05) is 30.3 Å². The van der Waals surface area contributed by atoms with Crippen LogP contribution in [0.4, 0.5) is 0 Å². The van der Waals surface area contributed by atoms with Crippen molar-refractivity contribution in [1.82, 2.24) is 19.7 Å². The third-order valence-electron chi connectivity index (χ3n) is 3.84. The summed E-state index contributed by atoms with van der Waals surface area (Å²) in [6.07, 6.45) is 3.29. The Kier molecular flexibility index (Phi) is 4.10. The lowest BCUT2D eigenvalue weighted by molar-refractivity contribution is -0.141. The topological polar surface area (TPSA) is 88.3 Å². The van der Waals surface area contributed by atoms with Gasteiger partial charge in [0.05, 0.1) is 11.6 Å². The molecule has 1 amide bonds. The van der Waals surface area contributed by atoms with E-state index in [2.05, 4.69) is 10.1 Å². The Labute approximate surface area is 133 Å². The van der Waals surface area contributed by atoms with Crippen molar-refractivity contribution in [1.29, 1.82) is 0 Å². The molecule has 0 radical (unpaired) electrons. The molecule has 7 heteroatoms. The Morgan fingerprint density at radius 3 is 2.65 bits per heavy atom. The van der Waals surface area contributed by atoms with Crippen LogP contribution in [-0.2, 0) is 4.79 Å². The summed E-state index contributed by atoms with van der Waals surface area (Å²) in [5.74, 6) is -1.74. The summed E-state index contributed by atoms with van der Waals surface area (Å²) < 4.78 is 1.54. The lowest BCUT2D eigenvalue weighted by Crippen LogP contribution is -2.39. The third kappa shape index (κ3) is 3.39. The lowest BCUT2D eigenvalue weighted by atomic mass is 10.1. The average Bonchev–Trinajstić information content (AvgIpc) is 3.28. The molecule has 1 aliphatic carbocycles. The van der Waals surface area contributed by atoms with E-state index < -0.39 is 11.9 Å². The number of carbonyl (C=O) groups is 2. The first-order valence-corrected chi connectivity index (χ1v) is 7.57. The number of hydrogen-bond donors (Lipinski definition) is 1. The molecule has 1 heterocycles. The zero-order valence-electron chi connectivity index (χ0n) is 12.8. The second kappa shape index (κ2) is 6.20. The van der Waals surface area contributed by atoms with Crippen LogP contribution < -0.4 is 0 Å². The minimum absolute atomic E-state index is 0.0957. The zero-order valence-corrected chi connectivity index (χ0v) is 12.8. The van der Waals surface area contributed by atoms with Crippen molar-refractivity contribution in [3.05, 3.63) is 42.5 Å². The van der Waals surface area contributed by atoms with E-state index in [-0.39, 0.29) is 24.3 Å². The van der Waals surface area contributed by atoms with Crippen LogP contribution in [-0.4, -0.2) is 49.2 Å². The number of aromatic nitrogens is 3. The molecule has 1 unspecified atom stereocenters. The number of rotatable bonds is 6. The van der Waals surface area contributed by atoms with Gasteiger partial charge in [-0.15, -0.1) is 5.10 Å². The number of carboxylic acids is 1. The molecule has 3 rings (SSSR count). The standard InChI is InChI=1S/C16H18N4O3/c1-11(16(22)23)9-19(12-7-8-12)15(21)14-17-10-20(18-14)13-5-3-2-4-6-13/h2-6,10-12H,7-9H2,1H3,(H,22,23). The van der Waals surface area contributed by atoms with Gasteiger partial charge in [0.25, 0.3) is 5.91 Å². The molecule has 0 bridgehead atoms. The predicted octanol–water partition coefficient (Wildman–Crippen LogP) is 1.59. The van der Waals surface area contributed by atoms with Crippen molar-refractivity contribution in [2.24, 2.45) is 5.92 Å². The quantitative estimate of drug-likeness (QED) is 0.875. The number of aliphatic carboxylic acids is 1. The molecule has 1 atom stereocenters. The molecule has 1 fully saturated rings. The molecule has 1 N–H and O–H groups in total. The summed E-state index contributed by atoms with van der Waals surface area (Å²) >= 11 is 0. The minimum atomic E-state index is -0.911. The van der Waals surface area contributed by atoms with Gasteiger partial charge in [-0.1, -0.05) is 25.1 Å². The van der Waals surface area contributed by atoms with Gasteiger partial charge in [-0.25, -0.2) is 9.67 Å². The monoisotopic (exact) mass is 314 g/mol. The molecule has 0 saturated heterocycles. The number of benzene rings is 1. The first-order valence-electron chi connectivity index (χ1n) is 7.57. The Balaban J connectivity index is 1.78.